The molecule has 0 unspecified atom stereocenters. The maximum Gasteiger partial charge on any atom is 0.180 e. The van der Waals surface area contributed by atoms with Gasteiger partial charge in [-0.1, -0.05) is 6.08 Å². The van der Waals surface area contributed by atoms with Gasteiger partial charge in [-0.3, -0.25) is 0 Å². The number of aryl methyl sites for hydroxylation is 1. The van der Waals surface area contributed by atoms with Crippen LogP contribution in [0.4, 0.5) is 10.8 Å². The lowest BCUT2D eigenvalue weighted by atomic mass is 10.3. The van der Waals surface area contributed by atoms with E-state index in [2.05, 4.69) is 16.9 Å². The molecule has 0 saturated carbocycles. The summed E-state index contributed by atoms with van der Waals surface area (Å²) in [5, 5.41) is 5.75. The zero-order valence-electron chi connectivity index (χ0n) is 11.2. The Bertz CT molecular complexity index is 477. The van der Waals surface area contributed by atoms with E-state index in [9.17, 15) is 0 Å². The molecule has 19 heavy (non-hydrogen) atoms. The van der Waals surface area contributed by atoms with E-state index in [1.165, 1.54) is 11.3 Å². The number of benzene rings is 1. The molecule has 0 radical (unpaired) electrons. The molecule has 1 aromatic carbocycles. The van der Waals surface area contributed by atoms with Crippen molar-refractivity contribution in [3.8, 4) is 5.75 Å². The Labute approximate surface area is 117 Å². The van der Waals surface area contributed by atoms with Gasteiger partial charge in [0.2, 0.25) is 0 Å². The van der Waals surface area contributed by atoms with Crippen LogP contribution in [0.15, 0.2) is 42.3 Å². The van der Waals surface area contributed by atoms with Crippen LogP contribution >= 0.6 is 11.3 Å². The molecule has 5 heteroatoms. The molecule has 3 N–H and O–H groups in total. The van der Waals surface area contributed by atoms with Crippen molar-refractivity contribution in [1.82, 2.24) is 4.98 Å². The number of hydrogen-bond acceptors (Lipinski definition) is 5. The number of aromatic nitrogens is 1. The molecule has 1 heterocycles. The van der Waals surface area contributed by atoms with Gasteiger partial charge in [-0.15, -0.1) is 17.9 Å². The quantitative estimate of drug-likeness (QED) is 0.842. The van der Waals surface area contributed by atoms with Crippen LogP contribution in [0.5, 0.6) is 5.75 Å². The van der Waals surface area contributed by atoms with Crippen molar-refractivity contribution in [2.45, 2.75) is 6.92 Å². The average Bonchev–Trinajstić information content (AvgIpc) is 2.81. The van der Waals surface area contributed by atoms with Crippen LogP contribution in [-0.2, 0) is 0 Å². The molecular formula is C14H19N3OS. The van der Waals surface area contributed by atoms with Gasteiger partial charge in [0.25, 0.3) is 0 Å². The Morgan fingerprint density at radius 2 is 2.11 bits per heavy atom. The Balaban J connectivity index is 0.000000218. The number of rotatable bonds is 4. The smallest absolute Gasteiger partial charge is 0.180 e. The van der Waals surface area contributed by atoms with Crippen LogP contribution in [0, 0.1) is 6.92 Å². The molecule has 0 saturated heterocycles. The third-order valence-electron chi connectivity index (χ3n) is 2.18. The fourth-order valence-electron chi connectivity index (χ4n) is 1.27. The van der Waals surface area contributed by atoms with Crippen molar-refractivity contribution in [3.63, 3.8) is 0 Å². The summed E-state index contributed by atoms with van der Waals surface area (Å²) in [6, 6.07) is 7.79. The van der Waals surface area contributed by atoms with Crippen molar-refractivity contribution < 1.29 is 4.74 Å². The third kappa shape index (κ3) is 5.92. The number of hydrogen-bond donors (Lipinski definition) is 2. The predicted octanol–water partition coefficient (Wildman–Crippen LogP) is 3.33. The average molecular weight is 277 g/mol. The van der Waals surface area contributed by atoms with Crippen molar-refractivity contribution in [3.05, 3.63) is 48.0 Å². The number of methoxy groups -OCH3 is 1. The second-order valence-electron chi connectivity index (χ2n) is 3.73. The van der Waals surface area contributed by atoms with Crippen molar-refractivity contribution in [1.29, 1.82) is 0 Å². The monoisotopic (exact) mass is 277 g/mol. The number of nitrogens with one attached hydrogen (secondary N) is 1. The highest BCUT2D eigenvalue weighted by Gasteiger charge is 1.90. The molecular weight excluding hydrogens is 258 g/mol. The van der Waals surface area contributed by atoms with Crippen LogP contribution in [0.1, 0.15) is 5.69 Å². The molecule has 4 nitrogen and oxygen atoms in total. The van der Waals surface area contributed by atoms with E-state index in [0.29, 0.717) is 5.13 Å². The molecule has 2 rings (SSSR count). The molecule has 0 atom stereocenters. The second-order valence-corrected chi connectivity index (χ2v) is 4.61. The molecule has 0 spiro atoms. The van der Waals surface area contributed by atoms with Gasteiger partial charge in [0.15, 0.2) is 5.13 Å². The third-order valence-corrected chi connectivity index (χ3v) is 2.97. The van der Waals surface area contributed by atoms with Crippen molar-refractivity contribution in [2.75, 3.05) is 24.7 Å². The molecule has 102 valence electrons. The maximum absolute atomic E-state index is 5.29. The lowest BCUT2D eigenvalue weighted by Gasteiger charge is -2.03. The Kier molecular flexibility index (Phi) is 6.46. The zero-order valence-corrected chi connectivity index (χ0v) is 12.0. The van der Waals surface area contributed by atoms with Crippen LogP contribution < -0.4 is 15.8 Å². The van der Waals surface area contributed by atoms with Crippen LogP contribution in [0.3, 0.4) is 0 Å². The summed E-state index contributed by atoms with van der Waals surface area (Å²) in [6.07, 6.45) is 1.82. The summed E-state index contributed by atoms with van der Waals surface area (Å²) in [7, 11) is 1.66. The Morgan fingerprint density at radius 1 is 1.42 bits per heavy atom. The highest BCUT2D eigenvalue weighted by atomic mass is 32.1. The first-order valence-electron chi connectivity index (χ1n) is 5.82. The van der Waals surface area contributed by atoms with E-state index in [-0.39, 0.29) is 0 Å². The summed E-state index contributed by atoms with van der Waals surface area (Å²) in [5.41, 5.74) is 7.37. The Morgan fingerprint density at radius 3 is 2.47 bits per heavy atom. The summed E-state index contributed by atoms with van der Waals surface area (Å²) in [4.78, 5) is 3.91. The molecule has 0 bridgehead atoms. The lowest BCUT2D eigenvalue weighted by molar-refractivity contribution is 0.415. The number of nitrogens with zero attached hydrogens (tertiary/aromatic N) is 1. The topological polar surface area (TPSA) is 60.2 Å². The van der Waals surface area contributed by atoms with Gasteiger partial charge in [0.05, 0.1) is 12.8 Å². The zero-order chi connectivity index (χ0) is 14.1. The molecule has 0 aliphatic heterocycles. The minimum atomic E-state index is 0.650. The first kappa shape index (κ1) is 15.0. The first-order chi connectivity index (χ1) is 9.15. The first-order valence-corrected chi connectivity index (χ1v) is 6.70. The van der Waals surface area contributed by atoms with Gasteiger partial charge in [-0.05, 0) is 31.2 Å². The molecule has 0 amide bonds. The minimum Gasteiger partial charge on any atom is -0.497 e. The largest absolute Gasteiger partial charge is 0.497 e. The van der Waals surface area contributed by atoms with Gasteiger partial charge in [0, 0.05) is 17.6 Å². The molecule has 1 aromatic heterocycles. The lowest BCUT2D eigenvalue weighted by Crippen LogP contribution is -1.96. The van der Waals surface area contributed by atoms with Gasteiger partial charge in [-0.2, -0.15) is 0 Å². The van der Waals surface area contributed by atoms with Crippen LogP contribution in [0.2, 0.25) is 0 Å². The van der Waals surface area contributed by atoms with Crippen molar-refractivity contribution in [2.24, 2.45) is 0 Å². The second kappa shape index (κ2) is 8.16. The van der Waals surface area contributed by atoms with Gasteiger partial charge in [-0.25, -0.2) is 4.98 Å². The number of ether oxygens (including phenoxy) is 1. The van der Waals surface area contributed by atoms with Crippen molar-refractivity contribution >= 4 is 22.2 Å². The SMILES string of the molecule is C=CCNc1ccc(OC)cc1.Cc1csc(N)n1. The maximum atomic E-state index is 5.29. The van der Waals surface area contributed by atoms with E-state index >= 15 is 0 Å². The summed E-state index contributed by atoms with van der Waals surface area (Å²) < 4.78 is 5.03. The van der Waals surface area contributed by atoms with E-state index in [1.54, 1.807) is 7.11 Å². The molecule has 0 aliphatic carbocycles. The van der Waals surface area contributed by atoms with Gasteiger partial charge >= 0.3 is 0 Å². The number of nitrogen functional groups attached to an aromatic ring is 1. The van der Waals surface area contributed by atoms with Crippen LogP contribution in [0.25, 0.3) is 0 Å². The van der Waals surface area contributed by atoms with Gasteiger partial charge < -0.3 is 15.8 Å². The van der Waals surface area contributed by atoms with E-state index in [0.717, 1.165) is 23.7 Å². The fourth-order valence-corrected chi connectivity index (χ4v) is 1.81. The normalized spacial score (nSPS) is 9.16. The number of anilines is 2. The predicted molar refractivity (Wildman–Crippen MR) is 82.9 cm³/mol. The summed E-state index contributed by atoms with van der Waals surface area (Å²) in [6.45, 7) is 6.33. The highest BCUT2D eigenvalue weighted by Crippen LogP contribution is 2.14. The molecule has 0 aliphatic rings. The van der Waals surface area contributed by atoms with Crippen LogP contribution in [-0.4, -0.2) is 18.6 Å². The van der Waals surface area contributed by atoms with E-state index in [4.69, 9.17) is 10.5 Å². The number of nitrogens with two attached hydrogens (primary N) is 1. The summed E-state index contributed by atoms with van der Waals surface area (Å²) in [5.74, 6) is 0.874. The number of thiazole rings is 1. The van der Waals surface area contributed by atoms with E-state index in [1.807, 2.05) is 42.6 Å². The fraction of sp³-hybridized carbons (Fsp3) is 0.214. The van der Waals surface area contributed by atoms with Gasteiger partial charge in [0.1, 0.15) is 5.75 Å². The minimum absolute atomic E-state index is 0.650. The standard InChI is InChI=1S/C10H13NO.C4H6N2S/c1-3-8-11-9-4-6-10(12-2)7-5-9;1-3-2-7-4(5)6-3/h3-7,11H,1,8H2,2H3;2H,1H3,(H2,5,6). The Hall–Kier alpha value is -2.01. The summed E-state index contributed by atoms with van der Waals surface area (Å²) >= 11 is 1.47. The van der Waals surface area contributed by atoms with E-state index < -0.39 is 0 Å². The highest BCUT2D eigenvalue weighted by molar-refractivity contribution is 7.13. The molecule has 2 aromatic rings. The molecule has 0 fully saturated rings.